The molecule has 1 heterocycles. The van der Waals surface area contributed by atoms with Gasteiger partial charge < -0.3 is 4.98 Å². The molecule has 0 saturated heterocycles. The summed E-state index contributed by atoms with van der Waals surface area (Å²) in [6.45, 7) is 2.12. The summed E-state index contributed by atoms with van der Waals surface area (Å²) in [7, 11) is 0. The molecule has 1 aromatic rings. The van der Waals surface area contributed by atoms with Crippen LogP contribution in [0.1, 0.15) is 24.6 Å². The largest absolute Gasteiger partial charge is 0.325 e. The molecular formula is C9H12N2O2. The van der Waals surface area contributed by atoms with Gasteiger partial charge in [0.1, 0.15) is 0 Å². The summed E-state index contributed by atoms with van der Waals surface area (Å²) in [5, 5.41) is 0. The number of nitrogens with one attached hydrogen (secondary N) is 2. The monoisotopic (exact) mass is 180 g/mol. The van der Waals surface area contributed by atoms with Crippen LogP contribution in [0.4, 0.5) is 0 Å². The van der Waals surface area contributed by atoms with Crippen LogP contribution in [0.5, 0.6) is 0 Å². The van der Waals surface area contributed by atoms with E-state index < -0.39 is 5.69 Å². The second-order valence-corrected chi connectivity index (χ2v) is 3.71. The number of fused-ring (bicyclic) bond motifs is 1. The molecule has 0 fully saturated rings. The van der Waals surface area contributed by atoms with Crippen LogP contribution in [0.15, 0.2) is 9.59 Å². The lowest BCUT2D eigenvalue weighted by Gasteiger charge is -2.19. The summed E-state index contributed by atoms with van der Waals surface area (Å²) in [5.41, 5.74) is 0.980. The third-order valence-electron chi connectivity index (χ3n) is 2.57. The maximum Gasteiger partial charge on any atom is 0.325 e. The molecule has 0 aromatic carbocycles. The molecule has 4 nitrogen and oxygen atoms in total. The number of aryl methyl sites for hydroxylation is 1. The van der Waals surface area contributed by atoms with Crippen molar-refractivity contribution in [3.05, 3.63) is 32.1 Å². The van der Waals surface area contributed by atoms with E-state index in [1.165, 1.54) is 0 Å². The maximum absolute atomic E-state index is 11.4. The van der Waals surface area contributed by atoms with E-state index >= 15 is 0 Å². The minimum absolute atomic E-state index is 0.217. The fourth-order valence-electron chi connectivity index (χ4n) is 1.83. The van der Waals surface area contributed by atoms with Crippen LogP contribution in [0.25, 0.3) is 0 Å². The van der Waals surface area contributed by atoms with Gasteiger partial charge in [-0.25, -0.2) is 4.79 Å². The van der Waals surface area contributed by atoms with Crippen molar-refractivity contribution in [3.63, 3.8) is 0 Å². The molecule has 1 unspecified atom stereocenters. The minimum Gasteiger partial charge on any atom is -0.311 e. The summed E-state index contributed by atoms with van der Waals surface area (Å²) in [4.78, 5) is 27.2. The van der Waals surface area contributed by atoms with Gasteiger partial charge in [0.15, 0.2) is 0 Å². The first-order chi connectivity index (χ1) is 6.16. The van der Waals surface area contributed by atoms with Gasteiger partial charge >= 0.3 is 5.69 Å². The molecule has 0 radical (unpaired) electrons. The van der Waals surface area contributed by atoms with Crippen LogP contribution in [-0.2, 0) is 12.8 Å². The van der Waals surface area contributed by atoms with Gasteiger partial charge in [0.2, 0.25) is 0 Å². The molecule has 2 rings (SSSR count). The molecular weight excluding hydrogens is 168 g/mol. The van der Waals surface area contributed by atoms with Gasteiger partial charge in [-0.05, 0) is 25.2 Å². The Bertz CT molecular complexity index is 430. The first-order valence-electron chi connectivity index (χ1n) is 4.51. The van der Waals surface area contributed by atoms with E-state index in [0.29, 0.717) is 5.92 Å². The smallest absolute Gasteiger partial charge is 0.311 e. The number of hydrogen-bond donors (Lipinski definition) is 2. The Hall–Kier alpha value is -1.32. The Labute approximate surface area is 75.0 Å². The van der Waals surface area contributed by atoms with Crippen LogP contribution in [0.3, 0.4) is 0 Å². The zero-order valence-electron chi connectivity index (χ0n) is 7.52. The van der Waals surface area contributed by atoms with Crippen molar-refractivity contribution in [2.75, 3.05) is 0 Å². The van der Waals surface area contributed by atoms with E-state index in [-0.39, 0.29) is 5.56 Å². The average molecular weight is 180 g/mol. The van der Waals surface area contributed by atoms with Crippen molar-refractivity contribution in [1.82, 2.24) is 9.97 Å². The van der Waals surface area contributed by atoms with E-state index in [1.807, 2.05) is 0 Å². The highest BCUT2D eigenvalue weighted by Gasteiger charge is 2.18. The fourth-order valence-corrected chi connectivity index (χ4v) is 1.83. The summed E-state index contributed by atoms with van der Waals surface area (Å²) in [5.74, 6) is 0.541. The molecule has 0 aliphatic heterocycles. The molecule has 4 heteroatoms. The van der Waals surface area contributed by atoms with Gasteiger partial charge in [-0.2, -0.15) is 0 Å². The molecule has 1 aliphatic carbocycles. The van der Waals surface area contributed by atoms with Crippen molar-refractivity contribution in [2.45, 2.75) is 26.2 Å². The molecule has 0 bridgehead atoms. The lowest BCUT2D eigenvalue weighted by atomic mass is 9.89. The van der Waals surface area contributed by atoms with E-state index in [2.05, 4.69) is 16.9 Å². The van der Waals surface area contributed by atoms with E-state index in [4.69, 9.17) is 0 Å². The van der Waals surface area contributed by atoms with E-state index in [0.717, 1.165) is 30.5 Å². The minimum atomic E-state index is -0.390. The lowest BCUT2D eigenvalue weighted by molar-refractivity contribution is 0.487. The topological polar surface area (TPSA) is 65.7 Å². The first-order valence-corrected chi connectivity index (χ1v) is 4.51. The number of aromatic amines is 2. The number of hydrogen-bond acceptors (Lipinski definition) is 2. The number of aromatic nitrogens is 2. The van der Waals surface area contributed by atoms with Gasteiger partial charge in [0.25, 0.3) is 5.56 Å². The third kappa shape index (κ3) is 1.43. The molecule has 0 saturated carbocycles. The Morgan fingerprint density at radius 3 is 2.85 bits per heavy atom. The number of rotatable bonds is 0. The fraction of sp³-hybridized carbons (Fsp3) is 0.556. The summed E-state index contributed by atoms with van der Waals surface area (Å²) in [6.07, 6.45) is 2.64. The third-order valence-corrected chi connectivity index (χ3v) is 2.57. The molecule has 1 aliphatic rings. The highest BCUT2D eigenvalue weighted by atomic mass is 16.2. The van der Waals surface area contributed by atoms with Crippen molar-refractivity contribution in [1.29, 1.82) is 0 Å². The Balaban J connectivity index is 2.60. The number of H-pyrrole nitrogens is 2. The standard InChI is InChI=1S/C9H12N2O2/c1-5-2-3-7-6(4-5)8(12)11-9(13)10-7/h5H,2-4H2,1H3,(H2,10,11,12,13). The van der Waals surface area contributed by atoms with Gasteiger partial charge in [0.05, 0.1) is 0 Å². The van der Waals surface area contributed by atoms with Gasteiger partial charge in [0, 0.05) is 11.3 Å². The average Bonchev–Trinajstić information content (AvgIpc) is 2.06. The molecule has 0 amide bonds. The van der Waals surface area contributed by atoms with Gasteiger partial charge in [-0.3, -0.25) is 9.78 Å². The van der Waals surface area contributed by atoms with Crippen molar-refractivity contribution in [2.24, 2.45) is 5.92 Å². The molecule has 1 atom stereocenters. The van der Waals surface area contributed by atoms with Crippen molar-refractivity contribution >= 4 is 0 Å². The normalized spacial score (nSPS) is 21.2. The predicted octanol–water partition coefficient (Wildman–Crippen LogP) is 0.188. The van der Waals surface area contributed by atoms with Gasteiger partial charge in [-0.15, -0.1) is 0 Å². The van der Waals surface area contributed by atoms with Crippen LogP contribution >= 0.6 is 0 Å². The summed E-state index contributed by atoms with van der Waals surface area (Å²) < 4.78 is 0. The highest BCUT2D eigenvalue weighted by Crippen LogP contribution is 2.19. The lowest BCUT2D eigenvalue weighted by Crippen LogP contribution is -2.31. The summed E-state index contributed by atoms with van der Waals surface area (Å²) in [6, 6.07) is 0. The molecule has 2 N–H and O–H groups in total. The molecule has 70 valence electrons. The maximum atomic E-state index is 11.4. The second kappa shape index (κ2) is 2.87. The van der Waals surface area contributed by atoms with Crippen LogP contribution in [0.2, 0.25) is 0 Å². The SMILES string of the molecule is CC1CCc2[nH]c(=O)[nH]c(=O)c2C1. The zero-order chi connectivity index (χ0) is 9.42. The Morgan fingerprint density at radius 2 is 2.08 bits per heavy atom. The predicted molar refractivity (Wildman–Crippen MR) is 48.9 cm³/mol. The van der Waals surface area contributed by atoms with Crippen LogP contribution in [-0.4, -0.2) is 9.97 Å². The van der Waals surface area contributed by atoms with Crippen LogP contribution in [0, 0.1) is 5.92 Å². The van der Waals surface area contributed by atoms with Crippen molar-refractivity contribution < 1.29 is 0 Å². The summed E-state index contributed by atoms with van der Waals surface area (Å²) >= 11 is 0. The van der Waals surface area contributed by atoms with E-state index in [9.17, 15) is 9.59 Å². The zero-order valence-corrected chi connectivity index (χ0v) is 7.52. The Kier molecular flexibility index (Phi) is 1.83. The van der Waals surface area contributed by atoms with Crippen LogP contribution < -0.4 is 11.2 Å². The molecule has 13 heavy (non-hydrogen) atoms. The van der Waals surface area contributed by atoms with Crippen molar-refractivity contribution in [3.8, 4) is 0 Å². The van der Waals surface area contributed by atoms with E-state index in [1.54, 1.807) is 0 Å². The second-order valence-electron chi connectivity index (χ2n) is 3.71. The first kappa shape index (κ1) is 8.29. The highest BCUT2D eigenvalue weighted by molar-refractivity contribution is 5.19. The Morgan fingerprint density at radius 1 is 1.31 bits per heavy atom. The molecule has 1 aromatic heterocycles. The van der Waals surface area contributed by atoms with Gasteiger partial charge in [-0.1, -0.05) is 6.92 Å². The quantitative estimate of drug-likeness (QED) is 0.598. The molecule has 0 spiro atoms.